The zero-order valence-electron chi connectivity index (χ0n) is 11.4. The molecule has 3 aromatic rings. The van der Waals surface area contributed by atoms with Gasteiger partial charge in [0.25, 0.3) is 0 Å². The van der Waals surface area contributed by atoms with E-state index in [0.717, 1.165) is 26.8 Å². The number of carbonyl (C=O) groups is 1. The van der Waals surface area contributed by atoms with E-state index in [-0.39, 0.29) is 5.78 Å². The zero-order chi connectivity index (χ0) is 14.3. The Kier molecular flexibility index (Phi) is 3.02. The number of ether oxygens (including phenoxy) is 1. The van der Waals surface area contributed by atoms with Gasteiger partial charge in [-0.2, -0.15) is 5.10 Å². The van der Waals surface area contributed by atoms with Crippen molar-refractivity contribution < 1.29 is 9.53 Å². The lowest BCUT2D eigenvalue weighted by atomic mass is 10.2. The van der Waals surface area contributed by atoms with E-state index in [2.05, 4.69) is 10.1 Å². The Hall–Kier alpha value is -2.21. The zero-order valence-corrected chi connectivity index (χ0v) is 12.2. The SMILES string of the molecule is COc1ccc2nc(-n3ncc(C(C)=O)c3C)sc2c1. The maximum Gasteiger partial charge on any atom is 0.211 e. The van der Waals surface area contributed by atoms with Gasteiger partial charge in [-0.25, -0.2) is 9.67 Å². The van der Waals surface area contributed by atoms with Gasteiger partial charge < -0.3 is 4.74 Å². The monoisotopic (exact) mass is 287 g/mol. The van der Waals surface area contributed by atoms with Crippen molar-refractivity contribution in [3.63, 3.8) is 0 Å². The quantitative estimate of drug-likeness (QED) is 0.695. The molecule has 0 fully saturated rings. The lowest BCUT2D eigenvalue weighted by Gasteiger charge is -1.98. The molecule has 0 aliphatic heterocycles. The Morgan fingerprint density at radius 1 is 1.40 bits per heavy atom. The van der Waals surface area contributed by atoms with Crippen LogP contribution in [0.2, 0.25) is 0 Å². The van der Waals surface area contributed by atoms with Crippen molar-refractivity contribution >= 4 is 27.3 Å². The summed E-state index contributed by atoms with van der Waals surface area (Å²) in [6.07, 6.45) is 1.59. The second-order valence-corrected chi connectivity index (χ2v) is 5.45. The fourth-order valence-electron chi connectivity index (χ4n) is 2.06. The number of hydrogen-bond acceptors (Lipinski definition) is 5. The smallest absolute Gasteiger partial charge is 0.211 e. The molecule has 1 aromatic carbocycles. The average molecular weight is 287 g/mol. The summed E-state index contributed by atoms with van der Waals surface area (Å²) in [4.78, 5) is 16.0. The molecule has 102 valence electrons. The van der Waals surface area contributed by atoms with E-state index in [1.165, 1.54) is 18.3 Å². The summed E-state index contributed by atoms with van der Waals surface area (Å²) in [5.41, 5.74) is 2.33. The average Bonchev–Trinajstić information content (AvgIpc) is 3.00. The highest BCUT2D eigenvalue weighted by Crippen LogP contribution is 2.29. The van der Waals surface area contributed by atoms with E-state index in [0.29, 0.717) is 5.56 Å². The first-order valence-corrected chi connectivity index (χ1v) is 6.92. The van der Waals surface area contributed by atoms with Crippen molar-refractivity contribution in [2.75, 3.05) is 7.11 Å². The highest BCUT2D eigenvalue weighted by atomic mass is 32.1. The molecule has 0 atom stereocenters. The van der Waals surface area contributed by atoms with Crippen LogP contribution in [0.4, 0.5) is 0 Å². The van der Waals surface area contributed by atoms with Crippen molar-refractivity contribution in [2.45, 2.75) is 13.8 Å². The third-order valence-electron chi connectivity index (χ3n) is 3.15. The lowest BCUT2D eigenvalue weighted by molar-refractivity contribution is 0.101. The molecule has 6 heteroatoms. The summed E-state index contributed by atoms with van der Waals surface area (Å²) < 4.78 is 7.94. The fourth-order valence-corrected chi connectivity index (χ4v) is 3.06. The highest BCUT2D eigenvalue weighted by Gasteiger charge is 2.14. The minimum absolute atomic E-state index is 0.0107. The van der Waals surface area contributed by atoms with Crippen molar-refractivity contribution in [3.8, 4) is 10.9 Å². The summed E-state index contributed by atoms with van der Waals surface area (Å²) in [5.74, 6) is 0.811. The number of fused-ring (bicyclic) bond motifs is 1. The van der Waals surface area contributed by atoms with Crippen molar-refractivity contribution in [1.29, 1.82) is 0 Å². The first-order valence-electron chi connectivity index (χ1n) is 6.10. The predicted octanol–water partition coefficient (Wildman–Crippen LogP) is 3.00. The fraction of sp³-hybridized carbons (Fsp3) is 0.214. The maximum absolute atomic E-state index is 11.5. The summed E-state index contributed by atoms with van der Waals surface area (Å²) >= 11 is 1.52. The van der Waals surface area contributed by atoms with Gasteiger partial charge in [0.15, 0.2) is 5.78 Å². The number of benzene rings is 1. The molecule has 20 heavy (non-hydrogen) atoms. The van der Waals surface area contributed by atoms with Gasteiger partial charge in [0.1, 0.15) is 5.75 Å². The molecule has 0 bridgehead atoms. The van der Waals surface area contributed by atoms with Gasteiger partial charge in [-0.1, -0.05) is 11.3 Å². The normalized spacial score (nSPS) is 10.9. The molecule has 0 N–H and O–H groups in total. The van der Waals surface area contributed by atoms with Crippen LogP contribution in [-0.2, 0) is 0 Å². The van der Waals surface area contributed by atoms with Crippen LogP contribution in [0.3, 0.4) is 0 Å². The number of Topliss-reactive ketones (excluding diaryl/α,β-unsaturated/α-hetero) is 1. The number of nitrogens with zero attached hydrogens (tertiary/aromatic N) is 3. The van der Waals surface area contributed by atoms with E-state index in [1.54, 1.807) is 18.0 Å². The molecule has 0 spiro atoms. The van der Waals surface area contributed by atoms with E-state index < -0.39 is 0 Å². The molecule has 0 amide bonds. The van der Waals surface area contributed by atoms with E-state index >= 15 is 0 Å². The molecule has 0 aliphatic rings. The number of methoxy groups -OCH3 is 1. The second-order valence-electron chi connectivity index (χ2n) is 4.44. The Bertz CT molecular complexity index is 804. The third kappa shape index (κ3) is 1.98. The second kappa shape index (κ2) is 4.72. The van der Waals surface area contributed by atoms with Crippen molar-refractivity contribution in [3.05, 3.63) is 35.7 Å². The van der Waals surface area contributed by atoms with Gasteiger partial charge in [0.05, 0.1) is 34.8 Å². The standard InChI is InChI=1S/C14H13N3O2S/c1-8-11(9(2)18)7-15-17(8)14-16-12-5-4-10(19-3)6-13(12)20-14/h4-7H,1-3H3. The Morgan fingerprint density at radius 3 is 2.85 bits per heavy atom. The highest BCUT2D eigenvalue weighted by molar-refractivity contribution is 7.20. The molecule has 5 nitrogen and oxygen atoms in total. The molecule has 0 radical (unpaired) electrons. The molecule has 2 aromatic heterocycles. The first kappa shape index (κ1) is 12.8. The van der Waals surface area contributed by atoms with Gasteiger partial charge in [-0.15, -0.1) is 0 Å². The number of aromatic nitrogens is 3. The molecular weight excluding hydrogens is 274 g/mol. The summed E-state index contributed by atoms with van der Waals surface area (Å²) in [6, 6.07) is 5.74. The Morgan fingerprint density at radius 2 is 2.20 bits per heavy atom. The van der Waals surface area contributed by atoms with Crippen LogP contribution in [0.1, 0.15) is 23.0 Å². The third-order valence-corrected chi connectivity index (χ3v) is 4.15. The number of rotatable bonds is 3. The molecule has 0 unspecified atom stereocenters. The largest absolute Gasteiger partial charge is 0.497 e. The van der Waals surface area contributed by atoms with Gasteiger partial charge in [-0.05, 0) is 32.0 Å². The van der Waals surface area contributed by atoms with Gasteiger partial charge >= 0.3 is 0 Å². The van der Waals surface area contributed by atoms with Crippen LogP contribution < -0.4 is 4.74 Å². The van der Waals surface area contributed by atoms with Crippen LogP contribution in [0.15, 0.2) is 24.4 Å². The molecule has 3 rings (SSSR count). The van der Waals surface area contributed by atoms with Crippen molar-refractivity contribution in [1.82, 2.24) is 14.8 Å². The summed E-state index contributed by atoms with van der Waals surface area (Å²) in [5, 5.41) is 5.01. The molecule has 2 heterocycles. The predicted molar refractivity (Wildman–Crippen MR) is 78.0 cm³/mol. The minimum atomic E-state index is 0.0107. The minimum Gasteiger partial charge on any atom is -0.497 e. The molecule has 0 saturated carbocycles. The van der Waals surface area contributed by atoms with Crippen LogP contribution >= 0.6 is 11.3 Å². The van der Waals surface area contributed by atoms with E-state index in [9.17, 15) is 4.79 Å². The van der Waals surface area contributed by atoms with E-state index in [1.807, 2.05) is 25.1 Å². The molecule has 0 aliphatic carbocycles. The lowest BCUT2D eigenvalue weighted by Crippen LogP contribution is -2.00. The van der Waals surface area contributed by atoms with Gasteiger partial charge in [0.2, 0.25) is 5.13 Å². The van der Waals surface area contributed by atoms with Crippen LogP contribution in [0.5, 0.6) is 5.75 Å². The van der Waals surface area contributed by atoms with Crippen LogP contribution in [-0.4, -0.2) is 27.7 Å². The first-order chi connectivity index (χ1) is 9.60. The van der Waals surface area contributed by atoms with Gasteiger partial charge in [-0.3, -0.25) is 4.79 Å². The maximum atomic E-state index is 11.5. The summed E-state index contributed by atoms with van der Waals surface area (Å²) in [7, 11) is 1.64. The number of ketones is 1. The topological polar surface area (TPSA) is 57.0 Å². The molecular formula is C14H13N3O2S. The Balaban J connectivity index is 2.12. The van der Waals surface area contributed by atoms with Crippen LogP contribution in [0, 0.1) is 6.92 Å². The number of carbonyl (C=O) groups excluding carboxylic acids is 1. The summed E-state index contributed by atoms with van der Waals surface area (Å²) in [6.45, 7) is 3.41. The Labute approximate surface area is 119 Å². The van der Waals surface area contributed by atoms with Crippen molar-refractivity contribution in [2.24, 2.45) is 0 Å². The number of hydrogen-bond donors (Lipinski definition) is 0. The number of thiazole rings is 1. The van der Waals surface area contributed by atoms with Crippen LogP contribution in [0.25, 0.3) is 15.3 Å². The van der Waals surface area contributed by atoms with E-state index in [4.69, 9.17) is 4.74 Å². The molecule has 0 saturated heterocycles. The van der Waals surface area contributed by atoms with Gasteiger partial charge in [0, 0.05) is 0 Å².